The van der Waals surface area contributed by atoms with Crippen LogP contribution in [-0.4, -0.2) is 13.1 Å². The van der Waals surface area contributed by atoms with Crippen LogP contribution >= 0.6 is 15.9 Å². The van der Waals surface area contributed by atoms with Gasteiger partial charge in [-0.1, -0.05) is 41.9 Å². The topological polar surface area (TPSA) is 12.0 Å². The molecule has 1 aliphatic carbocycles. The maximum atomic E-state index is 3.55. The van der Waals surface area contributed by atoms with Gasteiger partial charge in [0.1, 0.15) is 0 Å². The van der Waals surface area contributed by atoms with Crippen LogP contribution in [0.2, 0.25) is 0 Å². The summed E-state index contributed by atoms with van der Waals surface area (Å²) in [6.45, 7) is 6.83. The highest BCUT2D eigenvalue weighted by molar-refractivity contribution is 9.10. The highest BCUT2D eigenvalue weighted by atomic mass is 79.9. The van der Waals surface area contributed by atoms with Crippen molar-refractivity contribution >= 4 is 15.9 Å². The van der Waals surface area contributed by atoms with Gasteiger partial charge in [0.25, 0.3) is 0 Å². The van der Waals surface area contributed by atoms with Gasteiger partial charge in [-0.05, 0) is 55.0 Å². The van der Waals surface area contributed by atoms with E-state index in [0.29, 0.717) is 0 Å². The van der Waals surface area contributed by atoms with Gasteiger partial charge in [-0.25, -0.2) is 0 Å². The van der Waals surface area contributed by atoms with Crippen LogP contribution < -0.4 is 5.32 Å². The van der Waals surface area contributed by atoms with Crippen LogP contribution in [0.4, 0.5) is 0 Å². The largest absolute Gasteiger partial charge is 0.316 e. The van der Waals surface area contributed by atoms with Crippen molar-refractivity contribution in [2.75, 3.05) is 13.1 Å². The van der Waals surface area contributed by atoms with Crippen LogP contribution in [0.1, 0.15) is 31.7 Å². The second-order valence-corrected chi connectivity index (χ2v) is 6.12. The zero-order valence-corrected chi connectivity index (χ0v) is 11.6. The minimum Gasteiger partial charge on any atom is -0.316 e. The van der Waals surface area contributed by atoms with Gasteiger partial charge in [-0.3, -0.25) is 0 Å². The van der Waals surface area contributed by atoms with Gasteiger partial charge in [-0.15, -0.1) is 0 Å². The average molecular weight is 282 g/mol. The summed E-state index contributed by atoms with van der Waals surface area (Å²) in [7, 11) is 0. The lowest BCUT2D eigenvalue weighted by Gasteiger charge is -2.06. The minimum absolute atomic E-state index is 0.755. The summed E-state index contributed by atoms with van der Waals surface area (Å²) in [5.74, 6) is 2.41. The van der Waals surface area contributed by atoms with Gasteiger partial charge in [0.05, 0.1) is 0 Å². The molecule has 0 amide bonds. The summed E-state index contributed by atoms with van der Waals surface area (Å²) < 4.78 is 1.17. The van der Waals surface area contributed by atoms with E-state index < -0.39 is 0 Å². The van der Waals surface area contributed by atoms with Crippen LogP contribution in [0.15, 0.2) is 28.7 Å². The first kappa shape index (κ1) is 12.1. The SMILES string of the molecule is CC(C)CNCC1CC1c1ccc(Br)cc1. The van der Waals surface area contributed by atoms with Crippen LogP contribution in [-0.2, 0) is 0 Å². The molecule has 0 radical (unpaired) electrons. The number of halogens is 1. The van der Waals surface area contributed by atoms with E-state index in [1.54, 1.807) is 0 Å². The Bertz CT molecular complexity index is 331. The van der Waals surface area contributed by atoms with Crippen LogP contribution in [0.5, 0.6) is 0 Å². The summed E-state index contributed by atoms with van der Waals surface area (Å²) in [5.41, 5.74) is 1.50. The predicted molar refractivity (Wildman–Crippen MR) is 72.7 cm³/mol. The molecule has 88 valence electrons. The lowest BCUT2D eigenvalue weighted by molar-refractivity contribution is 0.532. The molecule has 2 atom stereocenters. The Morgan fingerprint density at radius 1 is 1.31 bits per heavy atom. The van der Waals surface area contributed by atoms with Gasteiger partial charge in [0, 0.05) is 4.47 Å². The first-order valence-electron chi connectivity index (χ1n) is 6.13. The molecule has 1 fully saturated rings. The maximum Gasteiger partial charge on any atom is 0.0175 e. The number of hydrogen-bond acceptors (Lipinski definition) is 1. The number of hydrogen-bond donors (Lipinski definition) is 1. The Kier molecular flexibility index (Phi) is 4.04. The Morgan fingerprint density at radius 2 is 2.00 bits per heavy atom. The molecular weight excluding hydrogens is 262 g/mol. The summed E-state index contributed by atoms with van der Waals surface area (Å²) >= 11 is 3.48. The Balaban J connectivity index is 1.76. The van der Waals surface area contributed by atoms with E-state index in [2.05, 4.69) is 59.4 Å². The first-order chi connectivity index (χ1) is 7.66. The molecule has 2 rings (SSSR count). The molecule has 1 aromatic carbocycles. The van der Waals surface area contributed by atoms with Crippen molar-refractivity contribution in [2.24, 2.45) is 11.8 Å². The van der Waals surface area contributed by atoms with E-state index in [0.717, 1.165) is 24.3 Å². The fourth-order valence-electron chi connectivity index (χ4n) is 2.15. The zero-order valence-electron chi connectivity index (χ0n) is 10.0. The number of benzene rings is 1. The van der Waals surface area contributed by atoms with Crippen LogP contribution in [0, 0.1) is 11.8 Å². The Morgan fingerprint density at radius 3 is 2.62 bits per heavy atom. The number of nitrogens with one attached hydrogen (secondary N) is 1. The van der Waals surface area contributed by atoms with Crippen LogP contribution in [0.3, 0.4) is 0 Å². The number of rotatable bonds is 5. The standard InChI is InChI=1S/C14H20BrN/c1-10(2)8-16-9-12-7-14(12)11-3-5-13(15)6-4-11/h3-6,10,12,14,16H,7-9H2,1-2H3. The summed E-state index contributed by atoms with van der Waals surface area (Å²) in [5, 5.41) is 3.55. The Labute approximate surface area is 107 Å². The van der Waals surface area contributed by atoms with E-state index in [-0.39, 0.29) is 0 Å². The molecular formula is C14H20BrN. The third-order valence-corrected chi connectivity index (χ3v) is 3.71. The van der Waals surface area contributed by atoms with Gasteiger partial charge in [0.15, 0.2) is 0 Å². The monoisotopic (exact) mass is 281 g/mol. The predicted octanol–water partition coefficient (Wildman–Crippen LogP) is 3.80. The van der Waals surface area contributed by atoms with Gasteiger partial charge >= 0.3 is 0 Å². The molecule has 0 bridgehead atoms. The maximum absolute atomic E-state index is 3.55. The van der Waals surface area contributed by atoms with Gasteiger partial charge in [-0.2, -0.15) is 0 Å². The van der Waals surface area contributed by atoms with Crippen molar-refractivity contribution in [3.63, 3.8) is 0 Å². The molecule has 1 saturated carbocycles. The van der Waals surface area contributed by atoms with Crippen molar-refractivity contribution < 1.29 is 0 Å². The lowest BCUT2D eigenvalue weighted by atomic mass is 10.1. The molecule has 0 spiro atoms. The van der Waals surface area contributed by atoms with Crippen molar-refractivity contribution in [3.8, 4) is 0 Å². The van der Waals surface area contributed by atoms with Gasteiger partial charge < -0.3 is 5.32 Å². The molecule has 0 aromatic heterocycles. The van der Waals surface area contributed by atoms with Crippen molar-refractivity contribution in [2.45, 2.75) is 26.2 Å². The highest BCUT2D eigenvalue weighted by Crippen LogP contribution is 2.47. The second kappa shape index (κ2) is 5.33. The fourth-order valence-corrected chi connectivity index (χ4v) is 2.41. The Hall–Kier alpha value is -0.340. The molecule has 1 nitrogen and oxygen atoms in total. The third-order valence-electron chi connectivity index (χ3n) is 3.18. The zero-order chi connectivity index (χ0) is 11.5. The molecule has 1 aliphatic rings. The van der Waals surface area contributed by atoms with Crippen molar-refractivity contribution in [1.29, 1.82) is 0 Å². The van der Waals surface area contributed by atoms with E-state index >= 15 is 0 Å². The molecule has 16 heavy (non-hydrogen) atoms. The highest BCUT2D eigenvalue weighted by Gasteiger charge is 2.37. The molecule has 1 N–H and O–H groups in total. The molecule has 2 unspecified atom stereocenters. The van der Waals surface area contributed by atoms with Crippen LogP contribution in [0.25, 0.3) is 0 Å². The van der Waals surface area contributed by atoms with E-state index in [1.807, 2.05) is 0 Å². The lowest BCUT2D eigenvalue weighted by Crippen LogP contribution is -2.22. The summed E-state index contributed by atoms with van der Waals surface area (Å²) in [6.07, 6.45) is 1.35. The van der Waals surface area contributed by atoms with E-state index in [1.165, 1.54) is 23.0 Å². The van der Waals surface area contributed by atoms with Gasteiger partial charge in [0.2, 0.25) is 0 Å². The second-order valence-electron chi connectivity index (χ2n) is 5.21. The van der Waals surface area contributed by atoms with Crippen molar-refractivity contribution in [1.82, 2.24) is 5.32 Å². The van der Waals surface area contributed by atoms with Crippen molar-refractivity contribution in [3.05, 3.63) is 34.3 Å². The summed E-state index contributed by atoms with van der Waals surface area (Å²) in [6, 6.07) is 8.78. The quantitative estimate of drug-likeness (QED) is 0.866. The molecule has 1 aromatic rings. The smallest absolute Gasteiger partial charge is 0.0175 e. The molecule has 0 heterocycles. The average Bonchev–Trinajstić information content (AvgIpc) is 2.98. The van der Waals surface area contributed by atoms with E-state index in [9.17, 15) is 0 Å². The fraction of sp³-hybridized carbons (Fsp3) is 0.571. The minimum atomic E-state index is 0.755. The van der Waals surface area contributed by atoms with E-state index in [4.69, 9.17) is 0 Å². The first-order valence-corrected chi connectivity index (χ1v) is 6.92. The summed E-state index contributed by atoms with van der Waals surface area (Å²) in [4.78, 5) is 0. The molecule has 0 aliphatic heterocycles. The molecule has 2 heteroatoms. The third kappa shape index (κ3) is 3.33. The molecule has 0 saturated heterocycles. The normalized spacial score (nSPS) is 23.8.